The topological polar surface area (TPSA) is 12.9 Å². The highest BCUT2D eigenvalue weighted by molar-refractivity contribution is 7.13. The molecule has 0 aliphatic heterocycles. The van der Waals surface area contributed by atoms with Crippen molar-refractivity contribution in [2.24, 2.45) is 0 Å². The number of thiophene rings is 1. The van der Waals surface area contributed by atoms with E-state index in [1.807, 2.05) is 11.3 Å². The first-order valence-corrected chi connectivity index (χ1v) is 11.4. The zero-order chi connectivity index (χ0) is 17.8. The zero-order valence-corrected chi connectivity index (χ0v) is 16.6. The van der Waals surface area contributed by atoms with E-state index >= 15 is 0 Å². The SMILES string of the molecule is c1csc(-c2nc3c(c4c2CCC4)-c2ccccc2CC32CCCCC2)c1. The summed E-state index contributed by atoms with van der Waals surface area (Å²) in [5, 5.41) is 2.20. The van der Waals surface area contributed by atoms with Crippen molar-refractivity contribution in [3.05, 3.63) is 64.2 Å². The third-order valence-corrected chi connectivity index (χ3v) is 8.03. The van der Waals surface area contributed by atoms with E-state index < -0.39 is 0 Å². The molecular formula is C25H25NS. The monoisotopic (exact) mass is 371 g/mol. The van der Waals surface area contributed by atoms with Crippen LogP contribution in [0.25, 0.3) is 21.7 Å². The van der Waals surface area contributed by atoms with E-state index in [4.69, 9.17) is 4.98 Å². The minimum atomic E-state index is 0.269. The number of hydrogen-bond acceptors (Lipinski definition) is 2. The average Bonchev–Trinajstić information content (AvgIpc) is 3.40. The van der Waals surface area contributed by atoms with Crippen molar-refractivity contribution in [1.82, 2.24) is 4.98 Å². The molecule has 0 bridgehead atoms. The smallest absolute Gasteiger partial charge is 0.0840 e. The Balaban J connectivity index is 1.69. The average molecular weight is 372 g/mol. The van der Waals surface area contributed by atoms with Gasteiger partial charge in [-0.3, -0.25) is 4.98 Å². The fourth-order valence-corrected chi connectivity index (χ4v) is 6.70. The van der Waals surface area contributed by atoms with Gasteiger partial charge in [-0.05, 0) is 72.2 Å². The maximum Gasteiger partial charge on any atom is 0.0840 e. The van der Waals surface area contributed by atoms with Crippen LogP contribution in [0.1, 0.15) is 60.9 Å². The predicted molar refractivity (Wildman–Crippen MR) is 113 cm³/mol. The van der Waals surface area contributed by atoms with Crippen molar-refractivity contribution in [2.45, 2.75) is 63.2 Å². The van der Waals surface area contributed by atoms with Crippen LogP contribution in [0.15, 0.2) is 41.8 Å². The summed E-state index contributed by atoms with van der Waals surface area (Å²) in [4.78, 5) is 6.88. The molecule has 1 spiro atoms. The van der Waals surface area contributed by atoms with Crippen LogP contribution in [0, 0.1) is 0 Å². The molecule has 6 rings (SSSR count). The van der Waals surface area contributed by atoms with Crippen LogP contribution in [0.3, 0.4) is 0 Å². The molecule has 1 nitrogen and oxygen atoms in total. The molecule has 1 saturated carbocycles. The van der Waals surface area contributed by atoms with Crippen LogP contribution < -0.4 is 0 Å². The van der Waals surface area contributed by atoms with Crippen LogP contribution in [0.5, 0.6) is 0 Å². The van der Waals surface area contributed by atoms with Gasteiger partial charge in [0.25, 0.3) is 0 Å². The van der Waals surface area contributed by atoms with Gasteiger partial charge in [-0.15, -0.1) is 11.3 Å². The highest BCUT2D eigenvalue weighted by Gasteiger charge is 2.43. The minimum Gasteiger partial charge on any atom is -0.250 e. The van der Waals surface area contributed by atoms with E-state index in [0.29, 0.717) is 0 Å². The van der Waals surface area contributed by atoms with Crippen LogP contribution in [-0.2, 0) is 24.7 Å². The second-order valence-electron chi connectivity index (χ2n) is 8.65. The molecular weight excluding hydrogens is 346 g/mol. The van der Waals surface area contributed by atoms with Crippen molar-refractivity contribution < 1.29 is 0 Å². The summed E-state index contributed by atoms with van der Waals surface area (Å²) < 4.78 is 0. The first-order valence-electron chi connectivity index (χ1n) is 10.5. The molecule has 3 aliphatic carbocycles. The van der Waals surface area contributed by atoms with Gasteiger partial charge in [0.2, 0.25) is 0 Å². The van der Waals surface area contributed by atoms with Gasteiger partial charge >= 0.3 is 0 Å². The van der Waals surface area contributed by atoms with E-state index in [2.05, 4.69) is 41.8 Å². The molecule has 0 amide bonds. The largest absolute Gasteiger partial charge is 0.250 e. The first kappa shape index (κ1) is 16.1. The van der Waals surface area contributed by atoms with E-state index in [1.54, 1.807) is 16.7 Å². The van der Waals surface area contributed by atoms with E-state index in [9.17, 15) is 0 Å². The summed E-state index contributed by atoms with van der Waals surface area (Å²) in [5.41, 5.74) is 10.8. The van der Waals surface area contributed by atoms with Crippen LogP contribution in [-0.4, -0.2) is 4.98 Å². The van der Waals surface area contributed by atoms with Crippen LogP contribution >= 0.6 is 11.3 Å². The van der Waals surface area contributed by atoms with Gasteiger partial charge in [-0.25, -0.2) is 0 Å². The third kappa shape index (κ3) is 2.32. The number of benzene rings is 1. The number of aromatic nitrogens is 1. The lowest BCUT2D eigenvalue weighted by molar-refractivity contribution is 0.281. The molecule has 136 valence electrons. The van der Waals surface area contributed by atoms with Crippen LogP contribution in [0.4, 0.5) is 0 Å². The molecule has 27 heavy (non-hydrogen) atoms. The Hall–Kier alpha value is -1.93. The maximum absolute atomic E-state index is 5.51. The van der Waals surface area contributed by atoms with Gasteiger partial charge in [0.15, 0.2) is 0 Å². The third-order valence-electron chi connectivity index (χ3n) is 7.15. The van der Waals surface area contributed by atoms with Crippen molar-refractivity contribution in [3.63, 3.8) is 0 Å². The summed E-state index contributed by atoms with van der Waals surface area (Å²) in [6, 6.07) is 13.6. The molecule has 0 N–H and O–H groups in total. The molecule has 2 aromatic heterocycles. The van der Waals surface area contributed by atoms with Gasteiger partial charge in [-0.1, -0.05) is 49.6 Å². The molecule has 1 fully saturated rings. The second-order valence-corrected chi connectivity index (χ2v) is 9.59. The fourth-order valence-electron chi connectivity index (χ4n) is 5.96. The van der Waals surface area contributed by atoms with E-state index in [0.717, 1.165) is 0 Å². The number of rotatable bonds is 1. The molecule has 0 radical (unpaired) electrons. The van der Waals surface area contributed by atoms with Gasteiger partial charge < -0.3 is 0 Å². The summed E-state index contributed by atoms with van der Waals surface area (Å²) >= 11 is 1.85. The normalized spacial score (nSPS) is 19.6. The zero-order valence-electron chi connectivity index (χ0n) is 15.8. The number of hydrogen-bond donors (Lipinski definition) is 0. The lowest BCUT2D eigenvalue weighted by atomic mass is 9.62. The highest BCUT2D eigenvalue weighted by Crippen LogP contribution is 2.53. The summed E-state index contributed by atoms with van der Waals surface area (Å²) in [7, 11) is 0. The lowest BCUT2D eigenvalue weighted by Crippen LogP contribution is -2.36. The van der Waals surface area contributed by atoms with Crippen molar-refractivity contribution in [3.8, 4) is 21.7 Å². The highest BCUT2D eigenvalue weighted by atomic mass is 32.1. The molecule has 3 aromatic rings. The minimum absolute atomic E-state index is 0.269. The summed E-state index contributed by atoms with van der Waals surface area (Å²) in [5.74, 6) is 0. The van der Waals surface area contributed by atoms with E-state index in [1.165, 1.54) is 85.2 Å². The number of fused-ring (bicyclic) bond motifs is 6. The molecule has 0 saturated heterocycles. The van der Waals surface area contributed by atoms with Crippen LogP contribution in [0.2, 0.25) is 0 Å². The van der Waals surface area contributed by atoms with Crippen molar-refractivity contribution in [2.75, 3.05) is 0 Å². The fraction of sp³-hybridized carbons (Fsp3) is 0.400. The number of pyridine rings is 1. The van der Waals surface area contributed by atoms with Gasteiger partial charge in [0.1, 0.15) is 0 Å². The maximum atomic E-state index is 5.51. The van der Waals surface area contributed by atoms with Gasteiger partial charge in [0, 0.05) is 11.0 Å². The molecule has 2 heterocycles. The second kappa shape index (κ2) is 6.04. The Labute approximate surface area is 165 Å². The van der Waals surface area contributed by atoms with Gasteiger partial charge in [0.05, 0.1) is 16.3 Å². The Morgan fingerprint density at radius 1 is 0.852 bits per heavy atom. The molecule has 0 unspecified atom stereocenters. The van der Waals surface area contributed by atoms with Crippen molar-refractivity contribution in [1.29, 1.82) is 0 Å². The summed E-state index contributed by atoms with van der Waals surface area (Å²) in [6.45, 7) is 0. The summed E-state index contributed by atoms with van der Waals surface area (Å²) in [6.07, 6.45) is 11.6. The van der Waals surface area contributed by atoms with Crippen molar-refractivity contribution >= 4 is 11.3 Å². The Morgan fingerprint density at radius 2 is 1.70 bits per heavy atom. The molecule has 3 aliphatic rings. The van der Waals surface area contributed by atoms with Gasteiger partial charge in [-0.2, -0.15) is 0 Å². The van der Waals surface area contributed by atoms with E-state index in [-0.39, 0.29) is 5.41 Å². The molecule has 1 aromatic carbocycles. The molecule has 0 atom stereocenters. The molecule has 2 heteroatoms. The Bertz CT molecular complexity index is 1010. The first-order chi connectivity index (χ1) is 13.4. The standard InChI is InChI=1S/C25H25NS/c1-4-13-25(14-5-1)16-17-8-2-3-9-18(17)22-19-10-6-11-20(19)23(26-24(22)25)21-12-7-15-27-21/h2-3,7-9,12,15H,1,4-6,10-11,13-14,16H2. The number of nitrogens with zero attached hydrogens (tertiary/aromatic N) is 1. The quantitative estimate of drug-likeness (QED) is 0.462. The Kier molecular flexibility index (Phi) is 3.59. The predicted octanol–water partition coefficient (Wildman–Crippen LogP) is 6.72. The lowest BCUT2D eigenvalue weighted by Gasteiger charge is -2.43. The Morgan fingerprint density at radius 3 is 2.56 bits per heavy atom.